The molecule has 0 aliphatic rings. The standard InChI is InChI=1S/C13H21NO/c1-3-7-13(14-11(2)10-15)12-8-5-4-6-9-12/h4-6,8-9,11,13-15H,3,7,10H2,1-2H3/t11-,13+/m0/s1. The van der Waals surface area contributed by atoms with E-state index in [9.17, 15) is 0 Å². The van der Waals surface area contributed by atoms with Crippen molar-refractivity contribution < 1.29 is 5.11 Å². The van der Waals surface area contributed by atoms with Crippen LogP contribution in [0.4, 0.5) is 0 Å². The van der Waals surface area contributed by atoms with Crippen molar-refractivity contribution in [1.82, 2.24) is 5.32 Å². The van der Waals surface area contributed by atoms with E-state index in [-0.39, 0.29) is 12.6 Å². The van der Waals surface area contributed by atoms with Gasteiger partial charge < -0.3 is 10.4 Å². The number of hydrogen-bond acceptors (Lipinski definition) is 2. The quantitative estimate of drug-likeness (QED) is 0.751. The Morgan fingerprint density at radius 2 is 1.93 bits per heavy atom. The molecule has 0 spiro atoms. The molecule has 1 aromatic rings. The van der Waals surface area contributed by atoms with Crippen LogP contribution in [0.3, 0.4) is 0 Å². The van der Waals surface area contributed by atoms with Crippen LogP contribution in [0.25, 0.3) is 0 Å². The molecule has 0 unspecified atom stereocenters. The summed E-state index contributed by atoms with van der Waals surface area (Å²) in [6.45, 7) is 4.37. The Morgan fingerprint density at radius 3 is 2.47 bits per heavy atom. The van der Waals surface area contributed by atoms with Crippen molar-refractivity contribution in [2.24, 2.45) is 0 Å². The molecule has 1 rings (SSSR count). The zero-order valence-corrected chi connectivity index (χ0v) is 9.61. The third kappa shape index (κ3) is 4.02. The first-order valence-corrected chi connectivity index (χ1v) is 5.69. The van der Waals surface area contributed by atoms with Crippen LogP contribution < -0.4 is 5.32 Å². The van der Waals surface area contributed by atoms with Crippen LogP contribution in [0, 0.1) is 0 Å². The van der Waals surface area contributed by atoms with Gasteiger partial charge in [0.15, 0.2) is 0 Å². The van der Waals surface area contributed by atoms with Crippen molar-refractivity contribution in [3.63, 3.8) is 0 Å². The second-order valence-electron chi connectivity index (χ2n) is 4.00. The molecule has 0 fully saturated rings. The highest BCUT2D eigenvalue weighted by molar-refractivity contribution is 5.18. The van der Waals surface area contributed by atoms with Gasteiger partial charge in [-0.15, -0.1) is 0 Å². The lowest BCUT2D eigenvalue weighted by atomic mass is 10.0. The Kier molecular flexibility index (Phi) is 5.37. The Morgan fingerprint density at radius 1 is 1.27 bits per heavy atom. The number of benzene rings is 1. The summed E-state index contributed by atoms with van der Waals surface area (Å²) in [6.07, 6.45) is 2.25. The normalized spacial score (nSPS) is 14.9. The topological polar surface area (TPSA) is 32.3 Å². The van der Waals surface area contributed by atoms with E-state index in [1.807, 2.05) is 13.0 Å². The van der Waals surface area contributed by atoms with Gasteiger partial charge >= 0.3 is 0 Å². The summed E-state index contributed by atoms with van der Waals surface area (Å²) >= 11 is 0. The van der Waals surface area contributed by atoms with E-state index < -0.39 is 0 Å². The van der Waals surface area contributed by atoms with Gasteiger partial charge in [0.2, 0.25) is 0 Å². The fourth-order valence-electron chi connectivity index (χ4n) is 1.72. The minimum Gasteiger partial charge on any atom is -0.395 e. The second-order valence-corrected chi connectivity index (χ2v) is 4.00. The van der Waals surface area contributed by atoms with Crippen LogP contribution >= 0.6 is 0 Å². The van der Waals surface area contributed by atoms with Crippen molar-refractivity contribution in [3.8, 4) is 0 Å². The van der Waals surface area contributed by atoms with Crippen LogP contribution in [0.1, 0.15) is 38.3 Å². The molecule has 0 saturated heterocycles. The van der Waals surface area contributed by atoms with E-state index in [1.54, 1.807) is 0 Å². The first-order valence-electron chi connectivity index (χ1n) is 5.69. The maximum absolute atomic E-state index is 9.04. The minimum absolute atomic E-state index is 0.154. The average Bonchev–Trinajstić information content (AvgIpc) is 2.29. The monoisotopic (exact) mass is 207 g/mol. The lowest BCUT2D eigenvalue weighted by Crippen LogP contribution is -2.33. The summed E-state index contributed by atoms with van der Waals surface area (Å²) in [5, 5.41) is 12.5. The summed E-state index contributed by atoms with van der Waals surface area (Å²) in [5.74, 6) is 0. The van der Waals surface area contributed by atoms with Crippen molar-refractivity contribution in [2.75, 3.05) is 6.61 Å². The van der Waals surface area contributed by atoms with Crippen LogP contribution in [0.2, 0.25) is 0 Å². The highest BCUT2D eigenvalue weighted by Gasteiger charge is 2.12. The molecule has 2 atom stereocenters. The molecule has 1 aromatic carbocycles. The molecule has 84 valence electrons. The predicted octanol–water partition coefficient (Wildman–Crippen LogP) is 2.50. The van der Waals surface area contributed by atoms with Crippen LogP contribution in [0.5, 0.6) is 0 Å². The fourth-order valence-corrected chi connectivity index (χ4v) is 1.72. The molecule has 0 aliphatic heterocycles. The Hall–Kier alpha value is -0.860. The van der Waals surface area contributed by atoms with Gasteiger partial charge in [-0.05, 0) is 18.9 Å². The molecule has 2 N–H and O–H groups in total. The van der Waals surface area contributed by atoms with E-state index in [2.05, 4.69) is 36.5 Å². The summed E-state index contributed by atoms with van der Waals surface area (Å²) < 4.78 is 0. The maximum atomic E-state index is 9.04. The second kappa shape index (κ2) is 6.59. The van der Waals surface area contributed by atoms with Crippen molar-refractivity contribution in [3.05, 3.63) is 35.9 Å². The van der Waals surface area contributed by atoms with Gasteiger partial charge in [-0.2, -0.15) is 0 Å². The van der Waals surface area contributed by atoms with Gasteiger partial charge in [0.25, 0.3) is 0 Å². The fraction of sp³-hybridized carbons (Fsp3) is 0.538. The largest absolute Gasteiger partial charge is 0.395 e. The number of aliphatic hydroxyl groups is 1. The zero-order chi connectivity index (χ0) is 11.1. The first-order chi connectivity index (χ1) is 7.27. The third-order valence-corrected chi connectivity index (χ3v) is 2.54. The molecule has 0 saturated carbocycles. The number of hydrogen-bond donors (Lipinski definition) is 2. The van der Waals surface area contributed by atoms with E-state index in [0.29, 0.717) is 6.04 Å². The first kappa shape index (κ1) is 12.2. The smallest absolute Gasteiger partial charge is 0.0582 e. The average molecular weight is 207 g/mol. The highest BCUT2D eigenvalue weighted by Crippen LogP contribution is 2.18. The summed E-state index contributed by atoms with van der Waals surface area (Å²) in [5.41, 5.74) is 1.31. The van der Waals surface area contributed by atoms with Crippen LogP contribution in [0.15, 0.2) is 30.3 Å². The Labute approximate surface area is 92.3 Å². The molecule has 0 aromatic heterocycles. The molecule has 0 heterocycles. The SMILES string of the molecule is CCC[C@@H](N[C@@H](C)CO)c1ccccc1. The third-order valence-electron chi connectivity index (χ3n) is 2.54. The number of nitrogens with one attached hydrogen (secondary N) is 1. The zero-order valence-electron chi connectivity index (χ0n) is 9.61. The number of rotatable bonds is 6. The molecular formula is C13H21NO. The summed E-state index contributed by atoms with van der Waals surface area (Å²) in [4.78, 5) is 0. The molecule has 2 nitrogen and oxygen atoms in total. The molecule has 2 heteroatoms. The lowest BCUT2D eigenvalue weighted by Gasteiger charge is -2.22. The van der Waals surface area contributed by atoms with Gasteiger partial charge in [-0.1, -0.05) is 43.7 Å². The molecule has 0 bridgehead atoms. The predicted molar refractivity (Wildman–Crippen MR) is 63.8 cm³/mol. The van der Waals surface area contributed by atoms with Crippen molar-refractivity contribution in [2.45, 2.75) is 38.8 Å². The van der Waals surface area contributed by atoms with E-state index in [4.69, 9.17) is 5.11 Å². The maximum Gasteiger partial charge on any atom is 0.0582 e. The van der Waals surface area contributed by atoms with Gasteiger partial charge in [0.05, 0.1) is 6.61 Å². The van der Waals surface area contributed by atoms with Gasteiger partial charge in [0.1, 0.15) is 0 Å². The van der Waals surface area contributed by atoms with E-state index in [0.717, 1.165) is 12.8 Å². The van der Waals surface area contributed by atoms with E-state index in [1.165, 1.54) is 5.56 Å². The van der Waals surface area contributed by atoms with Gasteiger partial charge in [0, 0.05) is 12.1 Å². The summed E-state index contributed by atoms with van der Waals surface area (Å²) in [7, 11) is 0. The van der Waals surface area contributed by atoms with Gasteiger partial charge in [-0.3, -0.25) is 0 Å². The summed E-state index contributed by atoms with van der Waals surface area (Å²) in [6, 6.07) is 10.9. The Balaban J connectivity index is 2.65. The highest BCUT2D eigenvalue weighted by atomic mass is 16.3. The van der Waals surface area contributed by atoms with Crippen molar-refractivity contribution >= 4 is 0 Å². The molecule has 0 radical (unpaired) electrons. The van der Waals surface area contributed by atoms with Crippen LogP contribution in [-0.2, 0) is 0 Å². The molecule has 15 heavy (non-hydrogen) atoms. The van der Waals surface area contributed by atoms with E-state index >= 15 is 0 Å². The molecular weight excluding hydrogens is 186 g/mol. The number of aliphatic hydroxyl groups excluding tert-OH is 1. The van der Waals surface area contributed by atoms with Gasteiger partial charge in [-0.25, -0.2) is 0 Å². The Bertz CT molecular complexity index is 260. The molecule has 0 aliphatic carbocycles. The lowest BCUT2D eigenvalue weighted by molar-refractivity contribution is 0.238. The minimum atomic E-state index is 0.154. The van der Waals surface area contributed by atoms with Crippen LogP contribution in [-0.4, -0.2) is 17.8 Å². The molecule has 0 amide bonds. The van der Waals surface area contributed by atoms with Crippen molar-refractivity contribution in [1.29, 1.82) is 0 Å².